The Kier molecular flexibility index (Phi) is 5.68. The molecule has 3 rings (SSSR count). The molecule has 3 N–H and O–H groups in total. The van der Waals surface area contributed by atoms with Crippen LogP contribution in [0.15, 0.2) is 58.8 Å². The standard InChI is InChI=1S/C20H19N5O4/c1-3-9-21-18(27)13-7-5-6-8-15(13)23-17(26)12-10-14-16(22-11-12)25(4-2)20(29)24-19(14)28/h3,5-8,10-11H,1,4,9H2,2H3,(H,21,27)(H,23,26)(H,24,28,29). The molecule has 0 unspecified atom stereocenters. The number of aromatic amines is 1. The first-order valence-electron chi connectivity index (χ1n) is 8.88. The van der Waals surface area contributed by atoms with E-state index in [0.717, 1.165) is 0 Å². The Morgan fingerprint density at radius 2 is 2.00 bits per heavy atom. The molecule has 9 heteroatoms. The minimum atomic E-state index is -0.624. The van der Waals surface area contributed by atoms with Crippen molar-refractivity contribution in [3.05, 3.63) is 81.1 Å². The maximum atomic E-state index is 12.7. The third-order valence-corrected chi connectivity index (χ3v) is 4.24. The van der Waals surface area contributed by atoms with Gasteiger partial charge in [-0.15, -0.1) is 6.58 Å². The van der Waals surface area contributed by atoms with Crippen LogP contribution in [0.25, 0.3) is 11.0 Å². The molecule has 148 valence electrons. The number of fused-ring (bicyclic) bond motifs is 1. The Morgan fingerprint density at radius 3 is 2.72 bits per heavy atom. The molecule has 29 heavy (non-hydrogen) atoms. The van der Waals surface area contributed by atoms with Crippen LogP contribution in [-0.2, 0) is 6.54 Å². The highest BCUT2D eigenvalue weighted by molar-refractivity contribution is 6.09. The molecule has 0 spiro atoms. The lowest BCUT2D eigenvalue weighted by molar-refractivity contribution is 0.0959. The van der Waals surface area contributed by atoms with Gasteiger partial charge >= 0.3 is 5.69 Å². The van der Waals surface area contributed by atoms with Gasteiger partial charge in [0.15, 0.2) is 0 Å². The van der Waals surface area contributed by atoms with Gasteiger partial charge in [-0.3, -0.25) is 23.9 Å². The van der Waals surface area contributed by atoms with Crippen molar-refractivity contribution in [3.8, 4) is 0 Å². The molecule has 0 saturated heterocycles. The zero-order valence-electron chi connectivity index (χ0n) is 15.7. The third-order valence-electron chi connectivity index (χ3n) is 4.24. The molecule has 0 aliphatic rings. The minimum absolute atomic E-state index is 0.116. The molecule has 3 aromatic rings. The first-order chi connectivity index (χ1) is 14.0. The maximum absolute atomic E-state index is 12.7. The number of rotatable bonds is 6. The number of carbonyl (C=O) groups excluding carboxylic acids is 2. The summed E-state index contributed by atoms with van der Waals surface area (Å²) < 4.78 is 1.30. The number of nitrogens with one attached hydrogen (secondary N) is 3. The molecule has 0 bridgehead atoms. The molecule has 9 nitrogen and oxygen atoms in total. The first kappa shape index (κ1) is 19.7. The Morgan fingerprint density at radius 1 is 1.24 bits per heavy atom. The topological polar surface area (TPSA) is 126 Å². The number of pyridine rings is 1. The fraction of sp³-hybridized carbons (Fsp3) is 0.150. The Bertz CT molecular complexity index is 1230. The number of amides is 2. The van der Waals surface area contributed by atoms with Crippen molar-refractivity contribution in [3.63, 3.8) is 0 Å². The van der Waals surface area contributed by atoms with Gasteiger partial charge in [0, 0.05) is 19.3 Å². The molecule has 2 aromatic heterocycles. The van der Waals surface area contributed by atoms with Crippen LogP contribution in [0.2, 0.25) is 0 Å². The molecule has 2 amide bonds. The number of H-pyrrole nitrogens is 1. The lowest BCUT2D eigenvalue weighted by Gasteiger charge is -2.11. The molecule has 0 atom stereocenters. The number of nitrogens with zero attached hydrogens (tertiary/aromatic N) is 2. The average molecular weight is 393 g/mol. The number of hydrogen-bond acceptors (Lipinski definition) is 5. The van der Waals surface area contributed by atoms with Crippen LogP contribution in [0.1, 0.15) is 27.6 Å². The Hall–Kier alpha value is -4.01. The summed E-state index contributed by atoms with van der Waals surface area (Å²) >= 11 is 0. The van der Waals surface area contributed by atoms with Crippen LogP contribution in [-0.4, -0.2) is 32.9 Å². The van der Waals surface area contributed by atoms with E-state index in [1.165, 1.54) is 16.8 Å². The largest absolute Gasteiger partial charge is 0.349 e. The van der Waals surface area contributed by atoms with Crippen molar-refractivity contribution in [2.45, 2.75) is 13.5 Å². The average Bonchev–Trinajstić information content (AvgIpc) is 2.72. The summed E-state index contributed by atoms with van der Waals surface area (Å²) in [7, 11) is 0. The van der Waals surface area contributed by atoms with Gasteiger partial charge in [-0.05, 0) is 25.1 Å². The van der Waals surface area contributed by atoms with E-state index in [1.807, 2.05) is 0 Å². The second-order valence-corrected chi connectivity index (χ2v) is 6.10. The summed E-state index contributed by atoms with van der Waals surface area (Å²) in [5, 5.41) is 5.44. The Labute approximate surface area is 165 Å². The summed E-state index contributed by atoms with van der Waals surface area (Å²) in [4.78, 5) is 55.3. The zero-order chi connectivity index (χ0) is 21.0. The minimum Gasteiger partial charge on any atom is -0.349 e. The molecular formula is C20H19N5O4. The van der Waals surface area contributed by atoms with Crippen molar-refractivity contribution < 1.29 is 9.59 Å². The SMILES string of the molecule is C=CCNC(=O)c1ccccc1NC(=O)c1cnc2c(c1)c(=O)[nH]c(=O)n2CC. The number of carbonyl (C=O) groups is 2. The van der Waals surface area contributed by atoms with Crippen molar-refractivity contribution >= 4 is 28.5 Å². The molecule has 0 saturated carbocycles. The number of benzene rings is 1. The predicted octanol–water partition coefficient (Wildman–Crippen LogP) is 1.27. The quantitative estimate of drug-likeness (QED) is 0.544. The zero-order valence-corrected chi connectivity index (χ0v) is 15.7. The van der Waals surface area contributed by atoms with Gasteiger partial charge in [-0.25, -0.2) is 9.78 Å². The first-order valence-corrected chi connectivity index (χ1v) is 8.88. The number of aromatic nitrogens is 3. The van der Waals surface area contributed by atoms with E-state index in [2.05, 4.69) is 27.2 Å². The second-order valence-electron chi connectivity index (χ2n) is 6.10. The van der Waals surface area contributed by atoms with Crippen molar-refractivity contribution in [2.24, 2.45) is 0 Å². The highest BCUT2D eigenvalue weighted by atomic mass is 16.2. The molecule has 1 aromatic carbocycles. The van der Waals surface area contributed by atoms with Crippen LogP contribution in [0.5, 0.6) is 0 Å². The predicted molar refractivity (Wildman–Crippen MR) is 109 cm³/mol. The van der Waals surface area contributed by atoms with E-state index in [0.29, 0.717) is 12.2 Å². The number of aryl methyl sites for hydroxylation is 1. The van der Waals surface area contributed by atoms with Gasteiger partial charge in [0.05, 0.1) is 22.2 Å². The second kappa shape index (κ2) is 8.34. The monoisotopic (exact) mass is 393 g/mol. The van der Waals surface area contributed by atoms with Crippen molar-refractivity contribution in [1.29, 1.82) is 0 Å². The molecule has 2 heterocycles. The fourth-order valence-corrected chi connectivity index (χ4v) is 2.83. The molecule has 0 aliphatic carbocycles. The summed E-state index contributed by atoms with van der Waals surface area (Å²) in [5.74, 6) is -0.905. The van der Waals surface area contributed by atoms with Crippen molar-refractivity contribution in [2.75, 3.05) is 11.9 Å². The molecule has 0 aliphatic heterocycles. The van der Waals surface area contributed by atoms with Gasteiger partial charge in [0.1, 0.15) is 5.65 Å². The lowest BCUT2D eigenvalue weighted by atomic mass is 10.1. The summed E-state index contributed by atoms with van der Waals surface area (Å²) in [6, 6.07) is 7.90. The highest BCUT2D eigenvalue weighted by Crippen LogP contribution is 2.17. The van der Waals surface area contributed by atoms with Crippen LogP contribution in [0.3, 0.4) is 0 Å². The van der Waals surface area contributed by atoms with Crippen molar-refractivity contribution in [1.82, 2.24) is 19.9 Å². The van der Waals surface area contributed by atoms with E-state index in [9.17, 15) is 19.2 Å². The lowest BCUT2D eigenvalue weighted by Crippen LogP contribution is -2.30. The fourth-order valence-electron chi connectivity index (χ4n) is 2.83. The molecular weight excluding hydrogens is 374 g/mol. The summed E-state index contributed by atoms with van der Waals surface area (Å²) in [5.41, 5.74) is -0.274. The number of hydrogen-bond donors (Lipinski definition) is 3. The van der Waals surface area contributed by atoms with Crippen LogP contribution in [0, 0.1) is 0 Å². The highest BCUT2D eigenvalue weighted by Gasteiger charge is 2.16. The van der Waals surface area contributed by atoms with Crippen LogP contribution in [0.4, 0.5) is 5.69 Å². The normalized spacial score (nSPS) is 10.5. The van der Waals surface area contributed by atoms with Gasteiger partial charge in [-0.1, -0.05) is 18.2 Å². The van der Waals surface area contributed by atoms with Gasteiger partial charge < -0.3 is 10.6 Å². The van der Waals surface area contributed by atoms with E-state index < -0.39 is 17.2 Å². The van der Waals surface area contributed by atoms with Gasteiger partial charge in [-0.2, -0.15) is 0 Å². The van der Waals surface area contributed by atoms with Crippen LogP contribution >= 0.6 is 0 Å². The van der Waals surface area contributed by atoms with E-state index in [4.69, 9.17) is 0 Å². The smallest absolute Gasteiger partial charge is 0.329 e. The summed E-state index contributed by atoms with van der Waals surface area (Å²) in [6.45, 7) is 5.90. The maximum Gasteiger partial charge on any atom is 0.329 e. The number of para-hydroxylation sites is 1. The van der Waals surface area contributed by atoms with E-state index in [1.54, 1.807) is 37.3 Å². The van der Waals surface area contributed by atoms with E-state index >= 15 is 0 Å². The van der Waals surface area contributed by atoms with Crippen LogP contribution < -0.4 is 21.9 Å². The third kappa shape index (κ3) is 3.98. The molecule has 0 radical (unpaired) electrons. The Balaban J connectivity index is 1.96. The number of anilines is 1. The van der Waals surface area contributed by atoms with E-state index in [-0.39, 0.29) is 34.6 Å². The molecule has 0 fully saturated rings. The summed E-state index contributed by atoms with van der Waals surface area (Å²) in [6.07, 6.45) is 2.83. The van der Waals surface area contributed by atoms with Gasteiger partial charge in [0.25, 0.3) is 17.4 Å². The van der Waals surface area contributed by atoms with Gasteiger partial charge in [0.2, 0.25) is 0 Å².